The van der Waals surface area contributed by atoms with Crippen molar-refractivity contribution in [3.8, 4) is 0 Å². The summed E-state index contributed by atoms with van der Waals surface area (Å²) in [5.41, 5.74) is 1.47. The molecule has 0 unspecified atom stereocenters. The van der Waals surface area contributed by atoms with E-state index in [4.69, 9.17) is 0 Å². The molecule has 0 atom stereocenters. The molecule has 0 amide bonds. The molecule has 0 saturated heterocycles. The van der Waals surface area contributed by atoms with Crippen LogP contribution in [-0.2, 0) is 6.42 Å². The van der Waals surface area contributed by atoms with Crippen molar-refractivity contribution >= 4 is 0 Å². The maximum absolute atomic E-state index is 2.55. The number of rotatable bonds is 10. The Balaban J connectivity index is 2.67. The van der Waals surface area contributed by atoms with Gasteiger partial charge in [0.15, 0.2) is 0 Å². The average molecular weight is 276 g/mol. The molecule has 0 radical (unpaired) electrons. The Hall–Kier alpha value is -0.860. The quantitative estimate of drug-likeness (QED) is 0.645. The van der Waals surface area contributed by atoms with E-state index in [0.717, 1.165) is 32.1 Å². The third-order valence-corrected chi connectivity index (χ3v) is 4.19. The number of nitrogens with zero attached hydrogens (tertiary/aromatic N) is 2. The van der Waals surface area contributed by atoms with Crippen LogP contribution in [0, 0.1) is 5.92 Å². The summed E-state index contributed by atoms with van der Waals surface area (Å²) in [6.45, 7) is 16.1. The summed E-state index contributed by atoms with van der Waals surface area (Å²) < 4.78 is 0. The van der Waals surface area contributed by atoms with E-state index in [1.165, 1.54) is 25.1 Å². The molecule has 114 valence electrons. The Morgan fingerprint density at radius 2 is 1.20 bits per heavy atom. The van der Waals surface area contributed by atoms with Crippen molar-refractivity contribution in [1.29, 1.82) is 0 Å². The molecule has 0 spiro atoms. The van der Waals surface area contributed by atoms with Crippen LogP contribution in [0.5, 0.6) is 0 Å². The first-order valence-electron chi connectivity index (χ1n) is 8.21. The highest BCUT2D eigenvalue weighted by molar-refractivity contribution is 5.15. The van der Waals surface area contributed by atoms with E-state index in [1.807, 2.05) is 0 Å². The van der Waals surface area contributed by atoms with Crippen LogP contribution in [0.2, 0.25) is 0 Å². The molecule has 2 heteroatoms. The first-order valence-corrected chi connectivity index (χ1v) is 8.21. The minimum Gasteiger partial charge on any atom is -0.304 e. The van der Waals surface area contributed by atoms with Gasteiger partial charge in [-0.1, -0.05) is 58.0 Å². The van der Waals surface area contributed by atoms with E-state index >= 15 is 0 Å². The minimum absolute atomic E-state index is 0.720. The zero-order valence-corrected chi connectivity index (χ0v) is 13.8. The van der Waals surface area contributed by atoms with Gasteiger partial charge < -0.3 is 9.80 Å². The van der Waals surface area contributed by atoms with Gasteiger partial charge in [0.05, 0.1) is 0 Å². The summed E-state index contributed by atoms with van der Waals surface area (Å²) in [5, 5.41) is 0. The molecule has 20 heavy (non-hydrogen) atoms. The van der Waals surface area contributed by atoms with Crippen molar-refractivity contribution in [3.05, 3.63) is 35.9 Å². The maximum atomic E-state index is 2.55. The maximum Gasteiger partial charge on any atom is 0.00248 e. The van der Waals surface area contributed by atoms with Crippen LogP contribution in [0.4, 0.5) is 0 Å². The SMILES string of the molecule is CCN(CC)CC(Cc1ccccc1)CN(CC)CC. The molecule has 0 aromatic heterocycles. The molecule has 2 nitrogen and oxygen atoms in total. The van der Waals surface area contributed by atoms with Gasteiger partial charge in [-0.3, -0.25) is 0 Å². The Morgan fingerprint density at radius 3 is 1.60 bits per heavy atom. The lowest BCUT2D eigenvalue weighted by Crippen LogP contribution is -2.37. The molecule has 0 fully saturated rings. The van der Waals surface area contributed by atoms with Crippen molar-refractivity contribution in [3.63, 3.8) is 0 Å². The lowest BCUT2D eigenvalue weighted by atomic mass is 9.98. The van der Waals surface area contributed by atoms with E-state index in [9.17, 15) is 0 Å². The van der Waals surface area contributed by atoms with Crippen molar-refractivity contribution in [2.24, 2.45) is 5.92 Å². The molecule has 1 aromatic rings. The molecular weight excluding hydrogens is 244 g/mol. The second-order valence-electron chi connectivity index (χ2n) is 5.53. The summed E-state index contributed by atoms with van der Waals surface area (Å²) in [4.78, 5) is 5.11. The zero-order chi connectivity index (χ0) is 14.8. The highest BCUT2D eigenvalue weighted by Gasteiger charge is 2.15. The predicted octanol–water partition coefficient (Wildman–Crippen LogP) is 3.53. The minimum atomic E-state index is 0.720. The molecule has 1 rings (SSSR count). The first kappa shape index (κ1) is 17.2. The number of hydrogen-bond donors (Lipinski definition) is 0. The molecule has 0 saturated carbocycles. The van der Waals surface area contributed by atoms with Crippen LogP contribution in [0.15, 0.2) is 30.3 Å². The van der Waals surface area contributed by atoms with Crippen molar-refractivity contribution in [2.45, 2.75) is 34.1 Å². The molecule has 0 N–H and O–H groups in total. The van der Waals surface area contributed by atoms with Gasteiger partial charge in [-0.05, 0) is 44.1 Å². The van der Waals surface area contributed by atoms with E-state index in [2.05, 4.69) is 67.8 Å². The fourth-order valence-corrected chi connectivity index (χ4v) is 2.83. The topological polar surface area (TPSA) is 6.48 Å². The fourth-order valence-electron chi connectivity index (χ4n) is 2.83. The van der Waals surface area contributed by atoms with Gasteiger partial charge in [-0.25, -0.2) is 0 Å². The lowest BCUT2D eigenvalue weighted by molar-refractivity contribution is 0.191. The van der Waals surface area contributed by atoms with Gasteiger partial charge in [0.2, 0.25) is 0 Å². The predicted molar refractivity (Wildman–Crippen MR) is 89.2 cm³/mol. The van der Waals surface area contributed by atoms with E-state index in [0.29, 0.717) is 0 Å². The molecule has 0 aliphatic heterocycles. The largest absolute Gasteiger partial charge is 0.304 e. The van der Waals surface area contributed by atoms with Crippen LogP contribution in [-0.4, -0.2) is 49.1 Å². The Morgan fingerprint density at radius 1 is 0.750 bits per heavy atom. The zero-order valence-electron chi connectivity index (χ0n) is 13.8. The van der Waals surface area contributed by atoms with Gasteiger partial charge in [-0.2, -0.15) is 0 Å². The van der Waals surface area contributed by atoms with E-state index < -0.39 is 0 Å². The molecule has 1 aromatic carbocycles. The van der Waals surface area contributed by atoms with Gasteiger partial charge in [0.1, 0.15) is 0 Å². The Labute approximate surface area is 125 Å². The molecular formula is C18H32N2. The van der Waals surface area contributed by atoms with E-state index in [1.54, 1.807) is 0 Å². The van der Waals surface area contributed by atoms with Gasteiger partial charge in [0, 0.05) is 13.1 Å². The van der Waals surface area contributed by atoms with E-state index in [-0.39, 0.29) is 0 Å². The average Bonchev–Trinajstić information content (AvgIpc) is 2.50. The van der Waals surface area contributed by atoms with Crippen LogP contribution in [0.3, 0.4) is 0 Å². The number of benzene rings is 1. The molecule has 0 aliphatic carbocycles. The summed E-state index contributed by atoms with van der Waals surface area (Å²) in [6.07, 6.45) is 1.19. The van der Waals surface area contributed by atoms with Crippen LogP contribution < -0.4 is 0 Å². The van der Waals surface area contributed by atoms with Crippen LogP contribution >= 0.6 is 0 Å². The highest BCUT2D eigenvalue weighted by Crippen LogP contribution is 2.12. The number of hydrogen-bond acceptors (Lipinski definition) is 2. The molecule has 0 aliphatic rings. The molecule has 0 heterocycles. The van der Waals surface area contributed by atoms with Crippen molar-refractivity contribution < 1.29 is 0 Å². The first-order chi connectivity index (χ1) is 9.73. The highest BCUT2D eigenvalue weighted by atomic mass is 15.1. The van der Waals surface area contributed by atoms with Crippen LogP contribution in [0.1, 0.15) is 33.3 Å². The van der Waals surface area contributed by atoms with Crippen LogP contribution in [0.25, 0.3) is 0 Å². The Kier molecular flexibility index (Phi) is 8.56. The van der Waals surface area contributed by atoms with Gasteiger partial charge in [0.25, 0.3) is 0 Å². The Bertz CT molecular complexity index is 315. The smallest absolute Gasteiger partial charge is 0.00248 e. The van der Waals surface area contributed by atoms with Crippen molar-refractivity contribution in [1.82, 2.24) is 9.80 Å². The second-order valence-corrected chi connectivity index (χ2v) is 5.53. The van der Waals surface area contributed by atoms with Crippen molar-refractivity contribution in [2.75, 3.05) is 39.3 Å². The van der Waals surface area contributed by atoms with Gasteiger partial charge in [-0.15, -0.1) is 0 Å². The third kappa shape index (κ3) is 6.06. The summed E-state index contributed by atoms with van der Waals surface area (Å²) in [5.74, 6) is 0.720. The summed E-state index contributed by atoms with van der Waals surface area (Å²) in [7, 11) is 0. The standard InChI is InChI=1S/C18H32N2/c1-5-19(6-2)15-18(16-20(7-3)8-4)14-17-12-10-9-11-13-17/h9-13,18H,5-8,14-16H2,1-4H3. The summed E-state index contributed by atoms with van der Waals surface area (Å²) in [6, 6.07) is 10.9. The second kappa shape index (κ2) is 9.95. The molecule has 0 bridgehead atoms. The third-order valence-electron chi connectivity index (χ3n) is 4.19. The normalized spacial score (nSPS) is 11.8. The van der Waals surface area contributed by atoms with Gasteiger partial charge >= 0.3 is 0 Å². The monoisotopic (exact) mass is 276 g/mol. The summed E-state index contributed by atoms with van der Waals surface area (Å²) >= 11 is 0. The fraction of sp³-hybridized carbons (Fsp3) is 0.667. The lowest BCUT2D eigenvalue weighted by Gasteiger charge is -2.30.